The molecule has 0 aliphatic carbocycles. The van der Waals surface area contributed by atoms with Gasteiger partial charge in [-0.05, 0) is 52.4 Å². The van der Waals surface area contributed by atoms with E-state index in [4.69, 9.17) is 0 Å². The van der Waals surface area contributed by atoms with Crippen LogP contribution in [-0.4, -0.2) is 40.8 Å². The van der Waals surface area contributed by atoms with Crippen molar-refractivity contribution in [3.63, 3.8) is 0 Å². The van der Waals surface area contributed by atoms with Gasteiger partial charge in [0, 0.05) is 43.4 Å². The molecule has 7 heteroatoms. The standard InChI is InChI=1S/C28H29FN4O2/c1-28(2,3)20-10-8-17(9-11-20)26(34)31-16-19-7-6-18(14-23(19)29)21-12-13-30-25-22(21)15-24(32-25)27(35)33(4)5/h6-15H,16H2,1-5H3,(H,30,32)(H,31,34). The van der Waals surface area contributed by atoms with Gasteiger partial charge in [-0.15, -0.1) is 0 Å². The lowest BCUT2D eigenvalue weighted by Gasteiger charge is -2.19. The summed E-state index contributed by atoms with van der Waals surface area (Å²) in [6.07, 6.45) is 1.62. The van der Waals surface area contributed by atoms with Crippen molar-refractivity contribution in [2.75, 3.05) is 14.1 Å². The van der Waals surface area contributed by atoms with E-state index in [0.717, 1.165) is 16.5 Å². The van der Waals surface area contributed by atoms with Crippen molar-refractivity contribution >= 4 is 22.8 Å². The normalized spacial score (nSPS) is 11.5. The van der Waals surface area contributed by atoms with Gasteiger partial charge in [-0.2, -0.15) is 0 Å². The van der Waals surface area contributed by atoms with E-state index < -0.39 is 5.82 Å². The Labute approximate surface area is 204 Å². The maximum atomic E-state index is 15.0. The van der Waals surface area contributed by atoms with Gasteiger partial charge in [0.15, 0.2) is 0 Å². The highest BCUT2D eigenvalue weighted by molar-refractivity contribution is 6.01. The lowest BCUT2D eigenvalue weighted by atomic mass is 9.87. The Balaban J connectivity index is 1.52. The van der Waals surface area contributed by atoms with E-state index in [1.165, 1.54) is 11.0 Å². The molecule has 0 saturated carbocycles. The van der Waals surface area contributed by atoms with Crippen molar-refractivity contribution in [1.29, 1.82) is 0 Å². The second kappa shape index (κ2) is 9.33. The molecule has 2 heterocycles. The first-order chi connectivity index (χ1) is 16.5. The SMILES string of the molecule is CN(C)C(=O)c1cc2c(-c3ccc(CNC(=O)c4ccc(C(C)(C)C)cc4)c(F)c3)ccnc2[nH]1. The van der Waals surface area contributed by atoms with Crippen LogP contribution in [0, 0.1) is 5.82 Å². The highest BCUT2D eigenvalue weighted by Gasteiger charge is 2.17. The summed E-state index contributed by atoms with van der Waals surface area (Å²) in [7, 11) is 3.35. The van der Waals surface area contributed by atoms with E-state index in [1.54, 1.807) is 56.7 Å². The van der Waals surface area contributed by atoms with Crippen LogP contribution in [0.1, 0.15) is 52.7 Å². The third-order valence-corrected chi connectivity index (χ3v) is 5.99. The summed E-state index contributed by atoms with van der Waals surface area (Å²) in [5.41, 5.74) is 4.46. The summed E-state index contributed by atoms with van der Waals surface area (Å²) in [6.45, 7) is 6.42. The number of hydrogen-bond acceptors (Lipinski definition) is 3. The lowest BCUT2D eigenvalue weighted by molar-refractivity contribution is 0.0822. The zero-order valence-electron chi connectivity index (χ0n) is 20.6. The minimum atomic E-state index is -0.420. The molecular weight excluding hydrogens is 443 g/mol. The quantitative estimate of drug-likeness (QED) is 0.414. The van der Waals surface area contributed by atoms with Gasteiger partial charge >= 0.3 is 0 Å². The average molecular weight is 473 g/mol. The molecule has 35 heavy (non-hydrogen) atoms. The highest BCUT2D eigenvalue weighted by atomic mass is 19.1. The summed E-state index contributed by atoms with van der Waals surface area (Å²) in [4.78, 5) is 33.7. The lowest BCUT2D eigenvalue weighted by Crippen LogP contribution is -2.23. The van der Waals surface area contributed by atoms with Gasteiger partial charge in [0.1, 0.15) is 17.2 Å². The molecule has 0 fully saturated rings. The fourth-order valence-corrected chi connectivity index (χ4v) is 3.89. The average Bonchev–Trinajstić information content (AvgIpc) is 3.26. The van der Waals surface area contributed by atoms with Crippen LogP contribution in [0.3, 0.4) is 0 Å². The smallest absolute Gasteiger partial charge is 0.269 e. The predicted molar refractivity (Wildman–Crippen MR) is 136 cm³/mol. The number of nitrogens with one attached hydrogen (secondary N) is 2. The summed E-state index contributed by atoms with van der Waals surface area (Å²) >= 11 is 0. The molecule has 4 rings (SSSR count). The van der Waals surface area contributed by atoms with Crippen molar-refractivity contribution in [2.45, 2.75) is 32.7 Å². The fraction of sp³-hybridized carbons (Fsp3) is 0.250. The Morgan fingerprint density at radius 3 is 2.37 bits per heavy atom. The molecule has 0 aliphatic rings. The fourth-order valence-electron chi connectivity index (χ4n) is 3.89. The van der Waals surface area contributed by atoms with Gasteiger partial charge in [-0.1, -0.05) is 45.0 Å². The summed E-state index contributed by atoms with van der Waals surface area (Å²) in [5, 5.41) is 3.53. The number of hydrogen-bond donors (Lipinski definition) is 2. The molecule has 4 aromatic rings. The third kappa shape index (κ3) is 5.09. The number of pyridine rings is 1. The summed E-state index contributed by atoms with van der Waals surface area (Å²) in [5.74, 6) is -0.842. The molecule has 6 nitrogen and oxygen atoms in total. The Kier molecular flexibility index (Phi) is 6.43. The van der Waals surface area contributed by atoms with Crippen LogP contribution in [0.2, 0.25) is 0 Å². The molecule has 0 bridgehead atoms. The molecule has 2 amide bonds. The molecule has 0 aliphatic heterocycles. The van der Waals surface area contributed by atoms with Crippen molar-refractivity contribution in [1.82, 2.24) is 20.2 Å². The van der Waals surface area contributed by atoms with Gasteiger partial charge < -0.3 is 15.2 Å². The minimum Gasteiger partial charge on any atom is -0.348 e. The van der Waals surface area contributed by atoms with Gasteiger partial charge in [0.2, 0.25) is 0 Å². The van der Waals surface area contributed by atoms with E-state index in [1.807, 2.05) is 12.1 Å². The molecule has 180 valence electrons. The number of H-pyrrole nitrogens is 1. The third-order valence-electron chi connectivity index (χ3n) is 5.99. The second-order valence-corrected chi connectivity index (χ2v) is 9.82. The number of carbonyl (C=O) groups is 2. The van der Waals surface area contributed by atoms with Crippen LogP contribution >= 0.6 is 0 Å². The number of rotatable bonds is 5. The maximum Gasteiger partial charge on any atom is 0.269 e. The van der Waals surface area contributed by atoms with Gasteiger partial charge in [-0.3, -0.25) is 9.59 Å². The van der Waals surface area contributed by atoms with Crippen LogP contribution in [0.15, 0.2) is 60.8 Å². The summed E-state index contributed by atoms with van der Waals surface area (Å²) in [6, 6.07) is 15.9. The highest BCUT2D eigenvalue weighted by Crippen LogP contribution is 2.29. The number of amides is 2. The Bertz CT molecular complexity index is 1400. The Morgan fingerprint density at radius 2 is 1.74 bits per heavy atom. The largest absolute Gasteiger partial charge is 0.348 e. The molecule has 0 atom stereocenters. The molecule has 0 saturated heterocycles. The van der Waals surface area contributed by atoms with Gasteiger partial charge in [-0.25, -0.2) is 9.37 Å². The van der Waals surface area contributed by atoms with Crippen LogP contribution in [0.4, 0.5) is 4.39 Å². The molecule has 2 aromatic carbocycles. The topological polar surface area (TPSA) is 78.1 Å². The van der Waals surface area contributed by atoms with Crippen molar-refractivity contribution in [2.24, 2.45) is 0 Å². The van der Waals surface area contributed by atoms with Gasteiger partial charge in [0.05, 0.1) is 0 Å². The molecular formula is C28H29FN4O2. The molecule has 2 N–H and O–H groups in total. The number of nitrogens with zero attached hydrogens (tertiary/aromatic N) is 2. The zero-order chi connectivity index (χ0) is 25.3. The number of fused-ring (bicyclic) bond motifs is 1. The van der Waals surface area contributed by atoms with Crippen molar-refractivity contribution < 1.29 is 14.0 Å². The predicted octanol–water partition coefficient (Wildman–Crippen LogP) is 5.30. The molecule has 0 spiro atoms. The maximum absolute atomic E-state index is 15.0. The molecule has 0 unspecified atom stereocenters. The number of halogens is 1. The van der Waals surface area contributed by atoms with E-state index >= 15 is 0 Å². The zero-order valence-corrected chi connectivity index (χ0v) is 20.6. The van der Waals surface area contributed by atoms with Crippen LogP contribution < -0.4 is 5.32 Å². The molecule has 2 aromatic heterocycles. The van der Waals surface area contributed by atoms with Crippen LogP contribution in [0.5, 0.6) is 0 Å². The van der Waals surface area contributed by atoms with Gasteiger partial charge in [0.25, 0.3) is 11.8 Å². The van der Waals surface area contributed by atoms with E-state index in [0.29, 0.717) is 28.0 Å². The van der Waals surface area contributed by atoms with E-state index in [2.05, 4.69) is 36.1 Å². The van der Waals surface area contributed by atoms with E-state index in [9.17, 15) is 14.0 Å². The van der Waals surface area contributed by atoms with Crippen LogP contribution in [-0.2, 0) is 12.0 Å². The first-order valence-corrected chi connectivity index (χ1v) is 11.4. The van der Waals surface area contributed by atoms with E-state index in [-0.39, 0.29) is 23.8 Å². The Hall–Kier alpha value is -4.00. The second-order valence-electron chi connectivity index (χ2n) is 9.82. The number of aromatic amines is 1. The van der Waals surface area contributed by atoms with Crippen molar-refractivity contribution in [3.8, 4) is 11.1 Å². The number of benzene rings is 2. The first kappa shape index (κ1) is 24.1. The Morgan fingerprint density at radius 1 is 1.03 bits per heavy atom. The van der Waals surface area contributed by atoms with Crippen molar-refractivity contribution in [3.05, 3.63) is 89.0 Å². The monoisotopic (exact) mass is 472 g/mol. The summed E-state index contributed by atoms with van der Waals surface area (Å²) < 4.78 is 15.0. The number of carbonyl (C=O) groups excluding carboxylic acids is 2. The first-order valence-electron chi connectivity index (χ1n) is 11.4. The number of aromatic nitrogens is 2. The molecule has 0 radical (unpaired) electrons. The van der Waals surface area contributed by atoms with Crippen LogP contribution in [0.25, 0.3) is 22.2 Å². The minimum absolute atomic E-state index is 0.00409.